The van der Waals surface area contributed by atoms with Crippen molar-refractivity contribution < 1.29 is 18.0 Å². The summed E-state index contributed by atoms with van der Waals surface area (Å²) in [4.78, 5) is 12.6. The van der Waals surface area contributed by atoms with Crippen LogP contribution in [0.4, 0.5) is 19.0 Å². The average Bonchev–Trinajstić information content (AvgIpc) is 2.54. The van der Waals surface area contributed by atoms with E-state index >= 15 is 0 Å². The Labute approximate surface area is 109 Å². The molecule has 1 aliphatic carbocycles. The fourth-order valence-electron chi connectivity index (χ4n) is 2.19. The van der Waals surface area contributed by atoms with Gasteiger partial charge in [-0.15, -0.1) is 0 Å². The Balaban J connectivity index is 2.29. The Kier molecular flexibility index (Phi) is 3.56. The molecule has 0 unspecified atom stereocenters. The number of carbonyl (C=O) groups excluding carboxylic acids is 1. The maximum atomic E-state index is 12.7. The van der Waals surface area contributed by atoms with E-state index in [-0.39, 0.29) is 17.5 Å². The Morgan fingerprint density at radius 1 is 1.53 bits per heavy atom. The van der Waals surface area contributed by atoms with Crippen LogP contribution in [0.2, 0.25) is 0 Å². The van der Waals surface area contributed by atoms with E-state index in [1.54, 1.807) is 7.05 Å². The molecule has 7 heteroatoms. The highest BCUT2D eigenvalue weighted by Crippen LogP contribution is 2.32. The lowest BCUT2D eigenvalue weighted by Gasteiger charge is -2.39. The standard InChI is InChI=1S/C12H16F3N3O/c1-8(19)10-6-11(17(2)16-10)18(7-12(13,14)15)9-4-3-5-9/h6,9H,3-5,7H2,1-2H3. The van der Waals surface area contributed by atoms with Crippen molar-refractivity contribution in [1.29, 1.82) is 0 Å². The van der Waals surface area contributed by atoms with E-state index in [1.165, 1.54) is 22.6 Å². The number of aromatic nitrogens is 2. The molecule has 106 valence electrons. The second-order valence-electron chi connectivity index (χ2n) is 4.90. The first-order valence-electron chi connectivity index (χ1n) is 6.16. The Morgan fingerprint density at radius 3 is 2.53 bits per heavy atom. The second-order valence-corrected chi connectivity index (χ2v) is 4.90. The van der Waals surface area contributed by atoms with Crippen molar-refractivity contribution in [2.45, 2.75) is 38.4 Å². The van der Waals surface area contributed by atoms with Crippen LogP contribution in [0.25, 0.3) is 0 Å². The van der Waals surface area contributed by atoms with Gasteiger partial charge >= 0.3 is 6.18 Å². The number of ketones is 1. The number of nitrogens with zero attached hydrogens (tertiary/aromatic N) is 3. The molecule has 0 spiro atoms. The van der Waals surface area contributed by atoms with E-state index in [1.807, 2.05) is 0 Å². The normalized spacial score (nSPS) is 16.3. The number of rotatable bonds is 4. The maximum absolute atomic E-state index is 12.7. The lowest BCUT2D eigenvalue weighted by atomic mass is 9.91. The topological polar surface area (TPSA) is 38.1 Å². The van der Waals surface area contributed by atoms with Gasteiger partial charge in [0.2, 0.25) is 0 Å². The zero-order valence-electron chi connectivity index (χ0n) is 10.9. The van der Waals surface area contributed by atoms with Gasteiger partial charge in [-0.25, -0.2) is 0 Å². The Hall–Kier alpha value is -1.53. The summed E-state index contributed by atoms with van der Waals surface area (Å²) in [5.74, 6) is 0.106. The third kappa shape index (κ3) is 3.08. The average molecular weight is 275 g/mol. The predicted molar refractivity (Wildman–Crippen MR) is 64.3 cm³/mol. The van der Waals surface area contributed by atoms with E-state index in [9.17, 15) is 18.0 Å². The molecule has 0 bridgehead atoms. The summed E-state index contributed by atoms with van der Waals surface area (Å²) >= 11 is 0. The van der Waals surface area contributed by atoms with E-state index in [4.69, 9.17) is 0 Å². The van der Waals surface area contributed by atoms with Crippen LogP contribution in [0.3, 0.4) is 0 Å². The fraction of sp³-hybridized carbons (Fsp3) is 0.667. The van der Waals surface area contributed by atoms with Gasteiger partial charge in [0.15, 0.2) is 5.78 Å². The highest BCUT2D eigenvalue weighted by atomic mass is 19.4. The first-order valence-corrected chi connectivity index (χ1v) is 6.16. The molecule has 0 aliphatic heterocycles. The fourth-order valence-corrected chi connectivity index (χ4v) is 2.19. The molecule has 2 rings (SSSR count). The van der Waals surface area contributed by atoms with Crippen LogP contribution in [-0.2, 0) is 7.05 Å². The summed E-state index contributed by atoms with van der Waals surface area (Å²) in [7, 11) is 1.56. The van der Waals surface area contributed by atoms with Gasteiger partial charge in [-0.3, -0.25) is 9.48 Å². The number of hydrogen-bond acceptors (Lipinski definition) is 3. The number of Topliss-reactive ketones (excluding diaryl/α,β-unsaturated/α-hetero) is 1. The molecule has 1 saturated carbocycles. The summed E-state index contributed by atoms with van der Waals surface area (Å²) in [6, 6.07) is 1.32. The third-order valence-corrected chi connectivity index (χ3v) is 3.38. The molecule has 0 saturated heterocycles. The number of anilines is 1. The highest BCUT2D eigenvalue weighted by molar-refractivity contribution is 5.92. The summed E-state index contributed by atoms with van der Waals surface area (Å²) in [5.41, 5.74) is 0.198. The zero-order chi connectivity index (χ0) is 14.2. The summed E-state index contributed by atoms with van der Waals surface area (Å²) in [6.07, 6.45) is -1.83. The maximum Gasteiger partial charge on any atom is 0.405 e. The number of aryl methyl sites for hydroxylation is 1. The first kappa shape index (κ1) is 13.9. The van der Waals surface area contributed by atoms with Crippen LogP contribution in [0.15, 0.2) is 6.07 Å². The molecule has 0 aromatic carbocycles. The van der Waals surface area contributed by atoms with Crippen LogP contribution in [0, 0.1) is 0 Å². The van der Waals surface area contributed by atoms with Crippen molar-refractivity contribution in [2.24, 2.45) is 7.05 Å². The van der Waals surface area contributed by atoms with Crippen LogP contribution >= 0.6 is 0 Å². The van der Waals surface area contributed by atoms with Gasteiger partial charge in [-0.2, -0.15) is 18.3 Å². The highest BCUT2D eigenvalue weighted by Gasteiger charge is 2.37. The minimum Gasteiger partial charge on any atom is -0.345 e. The van der Waals surface area contributed by atoms with Crippen LogP contribution in [-0.4, -0.2) is 34.3 Å². The molecule has 0 amide bonds. The van der Waals surface area contributed by atoms with Crippen molar-refractivity contribution in [3.63, 3.8) is 0 Å². The molecular formula is C12H16F3N3O. The summed E-state index contributed by atoms with van der Waals surface area (Å²) in [5, 5.41) is 3.96. The summed E-state index contributed by atoms with van der Waals surface area (Å²) < 4.78 is 39.4. The van der Waals surface area contributed by atoms with Gasteiger partial charge in [-0.1, -0.05) is 0 Å². The molecule has 1 aromatic rings. The molecule has 4 nitrogen and oxygen atoms in total. The molecule has 19 heavy (non-hydrogen) atoms. The lowest BCUT2D eigenvalue weighted by Crippen LogP contribution is -2.46. The molecule has 1 aromatic heterocycles. The Bertz CT molecular complexity index is 477. The zero-order valence-corrected chi connectivity index (χ0v) is 10.9. The van der Waals surface area contributed by atoms with Crippen molar-refractivity contribution in [1.82, 2.24) is 9.78 Å². The number of halogens is 3. The predicted octanol–water partition coefficient (Wildman–Crippen LogP) is 2.54. The third-order valence-electron chi connectivity index (χ3n) is 3.38. The summed E-state index contributed by atoms with van der Waals surface area (Å²) in [6.45, 7) is 0.345. The van der Waals surface area contributed by atoms with Crippen LogP contribution < -0.4 is 4.90 Å². The Morgan fingerprint density at radius 2 is 2.16 bits per heavy atom. The van der Waals surface area contributed by atoms with Crippen LogP contribution in [0.1, 0.15) is 36.7 Å². The van der Waals surface area contributed by atoms with Crippen LogP contribution in [0.5, 0.6) is 0 Å². The molecule has 1 heterocycles. The first-order chi connectivity index (χ1) is 8.78. The van der Waals surface area contributed by atoms with Crippen molar-refractivity contribution in [3.8, 4) is 0 Å². The molecular weight excluding hydrogens is 259 g/mol. The van der Waals surface area contributed by atoms with Crippen molar-refractivity contribution >= 4 is 11.6 Å². The smallest absolute Gasteiger partial charge is 0.345 e. The lowest BCUT2D eigenvalue weighted by molar-refractivity contribution is -0.121. The molecule has 0 atom stereocenters. The van der Waals surface area contributed by atoms with E-state index in [0.717, 1.165) is 19.3 Å². The number of hydrogen-bond donors (Lipinski definition) is 0. The molecule has 0 N–H and O–H groups in total. The molecule has 1 aliphatic rings. The minimum atomic E-state index is -4.27. The number of alkyl halides is 3. The molecule has 0 radical (unpaired) electrons. The second kappa shape index (κ2) is 4.86. The SMILES string of the molecule is CC(=O)c1cc(N(CC(F)(F)F)C2CCC2)n(C)n1. The van der Waals surface area contributed by atoms with E-state index < -0.39 is 12.7 Å². The number of carbonyl (C=O) groups is 1. The van der Waals surface area contributed by atoms with Gasteiger partial charge in [-0.05, 0) is 19.3 Å². The van der Waals surface area contributed by atoms with E-state index in [2.05, 4.69) is 5.10 Å². The van der Waals surface area contributed by atoms with Crippen molar-refractivity contribution in [2.75, 3.05) is 11.4 Å². The van der Waals surface area contributed by atoms with Crippen molar-refractivity contribution in [3.05, 3.63) is 11.8 Å². The van der Waals surface area contributed by atoms with Gasteiger partial charge < -0.3 is 4.90 Å². The van der Waals surface area contributed by atoms with E-state index in [0.29, 0.717) is 5.82 Å². The van der Waals surface area contributed by atoms with Gasteiger partial charge in [0.1, 0.15) is 18.1 Å². The van der Waals surface area contributed by atoms with Gasteiger partial charge in [0.05, 0.1) is 0 Å². The van der Waals surface area contributed by atoms with Gasteiger partial charge in [0, 0.05) is 26.1 Å². The molecule has 1 fully saturated rings. The van der Waals surface area contributed by atoms with Gasteiger partial charge in [0.25, 0.3) is 0 Å². The quantitative estimate of drug-likeness (QED) is 0.793. The monoisotopic (exact) mass is 275 g/mol. The largest absolute Gasteiger partial charge is 0.405 e. The minimum absolute atomic E-state index is 0.114.